The van der Waals surface area contributed by atoms with Crippen molar-refractivity contribution >= 4 is 29.3 Å². The molecule has 0 amide bonds. The lowest BCUT2D eigenvalue weighted by atomic mass is 10.2. The molecule has 3 nitrogen and oxygen atoms in total. The lowest BCUT2D eigenvalue weighted by Crippen LogP contribution is -2.11. The minimum Gasteiger partial charge on any atom is -0.474 e. The van der Waals surface area contributed by atoms with E-state index < -0.39 is 0 Å². The van der Waals surface area contributed by atoms with E-state index >= 15 is 0 Å². The smallest absolute Gasteiger partial charge is 0.233 e. The molecule has 1 atom stereocenters. The molecule has 0 aliphatic carbocycles. The lowest BCUT2D eigenvalue weighted by molar-refractivity contribution is 0.323. The van der Waals surface area contributed by atoms with Crippen LogP contribution in [-0.2, 0) is 17.0 Å². The van der Waals surface area contributed by atoms with Gasteiger partial charge < -0.3 is 9.30 Å². The molecule has 144 valence electrons. The molecular formula is C23H23ClN2OS. The van der Waals surface area contributed by atoms with Gasteiger partial charge in [-0.1, -0.05) is 59.6 Å². The quantitative estimate of drug-likeness (QED) is 0.508. The second kappa shape index (κ2) is 8.89. The second-order valence-corrected chi connectivity index (χ2v) is 8.45. The van der Waals surface area contributed by atoms with Gasteiger partial charge in [-0.25, -0.2) is 4.99 Å². The van der Waals surface area contributed by atoms with E-state index in [9.17, 15) is 0 Å². The summed E-state index contributed by atoms with van der Waals surface area (Å²) in [6.45, 7) is 3.47. The van der Waals surface area contributed by atoms with Crippen molar-refractivity contribution in [3.05, 3.63) is 94.3 Å². The summed E-state index contributed by atoms with van der Waals surface area (Å²) in [4.78, 5) is 4.82. The van der Waals surface area contributed by atoms with Crippen LogP contribution in [-0.4, -0.2) is 28.9 Å². The molecule has 0 fully saturated rings. The van der Waals surface area contributed by atoms with E-state index in [0.717, 1.165) is 33.7 Å². The van der Waals surface area contributed by atoms with Crippen molar-refractivity contribution < 1.29 is 4.74 Å². The number of ether oxygens (including phenoxy) is 1. The van der Waals surface area contributed by atoms with Gasteiger partial charge in [0.05, 0.1) is 6.04 Å². The van der Waals surface area contributed by atoms with E-state index in [1.165, 1.54) is 11.1 Å². The van der Waals surface area contributed by atoms with Crippen molar-refractivity contribution in [3.8, 4) is 0 Å². The van der Waals surface area contributed by atoms with Gasteiger partial charge in [0.15, 0.2) is 0 Å². The van der Waals surface area contributed by atoms with Gasteiger partial charge in [0, 0.05) is 29.3 Å². The van der Waals surface area contributed by atoms with Gasteiger partial charge in [0.25, 0.3) is 0 Å². The predicted molar refractivity (Wildman–Crippen MR) is 119 cm³/mol. The predicted octanol–water partition coefficient (Wildman–Crippen LogP) is 5.58. The van der Waals surface area contributed by atoms with Crippen LogP contribution in [0.4, 0.5) is 0 Å². The Morgan fingerprint density at radius 3 is 2.75 bits per heavy atom. The molecule has 0 spiro atoms. The zero-order chi connectivity index (χ0) is 19.3. The summed E-state index contributed by atoms with van der Waals surface area (Å²) < 4.78 is 8.06. The average Bonchev–Trinajstić information content (AvgIpc) is 3.34. The molecule has 3 aromatic rings. The third kappa shape index (κ3) is 4.62. The molecule has 0 saturated heterocycles. The van der Waals surface area contributed by atoms with Crippen molar-refractivity contribution in [3.63, 3.8) is 0 Å². The number of halogens is 1. The highest BCUT2D eigenvalue weighted by Gasteiger charge is 2.22. The van der Waals surface area contributed by atoms with Gasteiger partial charge in [-0.15, -0.1) is 0 Å². The fourth-order valence-electron chi connectivity index (χ4n) is 3.19. The van der Waals surface area contributed by atoms with Crippen LogP contribution in [0.3, 0.4) is 0 Å². The van der Waals surface area contributed by atoms with E-state index in [2.05, 4.69) is 41.8 Å². The molecule has 0 N–H and O–H groups in total. The first-order valence-corrected chi connectivity index (χ1v) is 10.9. The molecule has 28 heavy (non-hydrogen) atoms. The van der Waals surface area contributed by atoms with Crippen LogP contribution >= 0.6 is 23.4 Å². The fraction of sp³-hybridized carbons (Fsp3) is 0.261. The molecule has 0 radical (unpaired) electrons. The Morgan fingerprint density at radius 2 is 1.93 bits per heavy atom. The van der Waals surface area contributed by atoms with E-state index in [4.69, 9.17) is 21.3 Å². The average molecular weight is 411 g/mol. The molecule has 2 heterocycles. The summed E-state index contributed by atoms with van der Waals surface area (Å²) in [6.07, 6.45) is 2.05. The standard InChI is InChI=1S/C23H23ClN2OS/c1-17-8-10-18(11-9-17)15-28-16-20-14-27-23(25-20)22-7-4-12-26(22)13-19-5-2-3-6-21(19)24/h2-12,20H,13-16H2,1H3/t20-/m0/s1. The number of aliphatic imine (C=N–C) groups is 1. The van der Waals surface area contributed by atoms with Crippen LogP contribution in [0.25, 0.3) is 0 Å². The van der Waals surface area contributed by atoms with Crippen molar-refractivity contribution in [2.24, 2.45) is 4.99 Å². The fourth-order valence-corrected chi connectivity index (χ4v) is 4.38. The van der Waals surface area contributed by atoms with E-state index in [0.29, 0.717) is 13.2 Å². The number of nitrogens with zero attached hydrogens (tertiary/aromatic N) is 2. The third-order valence-electron chi connectivity index (χ3n) is 4.76. The Kier molecular flexibility index (Phi) is 6.08. The maximum Gasteiger partial charge on any atom is 0.233 e. The van der Waals surface area contributed by atoms with Gasteiger partial charge in [-0.05, 0) is 36.2 Å². The highest BCUT2D eigenvalue weighted by molar-refractivity contribution is 7.98. The Morgan fingerprint density at radius 1 is 1.11 bits per heavy atom. The van der Waals surface area contributed by atoms with Gasteiger partial charge in [0.1, 0.15) is 12.3 Å². The van der Waals surface area contributed by atoms with E-state index in [1.54, 1.807) is 0 Å². The largest absolute Gasteiger partial charge is 0.474 e. The van der Waals surface area contributed by atoms with Gasteiger partial charge >= 0.3 is 0 Å². The molecule has 5 heteroatoms. The summed E-state index contributed by atoms with van der Waals surface area (Å²) in [5.74, 6) is 2.70. The lowest BCUT2D eigenvalue weighted by Gasteiger charge is -2.10. The molecule has 1 aliphatic rings. The minimum atomic E-state index is 0.203. The number of hydrogen-bond donors (Lipinski definition) is 0. The van der Waals surface area contributed by atoms with Crippen LogP contribution in [0.15, 0.2) is 71.9 Å². The van der Waals surface area contributed by atoms with Crippen LogP contribution in [0.5, 0.6) is 0 Å². The molecule has 0 bridgehead atoms. The number of aryl methyl sites for hydroxylation is 1. The molecule has 0 unspecified atom stereocenters. The summed E-state index contributed by atoms with van der Waals surface area (Å²) in [5, 5.41) is 0.779. The Balaban J connectivity index is 1.37. The van der Waals surface area contributed by atoms with Crippen molar-refractivity contribution in [2.75, 3.05) is 12.4 Å². The third-order valence-corrected chi connectivity index (χ3v) is 6.29. The number of thioether (sulfide) groups is 1. The Bertz CT molecular complexity index is 965. The highest BCUT2D eigenvalue weighted by Crippen LogP contribution is 2.21. The first kappa shape index (κ1) is 19.2. The SMILES string of the molecule is Cc1ccc(CSC[C@@H]2COC(c3cccn3Cc3ccccc3Cl)=N2)cc1. The summed E-state index contributed by atoms with van der Waals surface area (Å²) in [7, 11) is 0. The van der Waals surface area contributed by atoms with E-state index in [1.807, 2.05) is 48.3 Å². The van der Waals surface area contributed by atoms with Crippen LogP contribution in [0.2, 0.25) is 5.02 Å². The van der Waals surface area contributed by atoms with Gasteiger partial charge in [-0.3, -0.25) is 0 Å². The van der Waals surface area contributed by atoms with Crippen LogP contribution in [0, 0.1) is 6.92 Å². The van der Waals surface area contributed by atoms with Crippen molar-refractivity contribution in [1.82, 2.24) is 4.57 Å². The van der Waals surface area contributed by atoms with Gasteiger partial charge in [-0.2, -0.15) is 11.8 Å². The van der Waals surface area contributed by atoms with Crippen molar-refractivity contribution in [1.29, 1.82) is 0 Å². The summed E-state index contributed by atoms with van der Waals surface area (Å²) in [6, 6.07) is 20.9. The zero-order valence-electron chi connectivity index (χ0n) is 15.8. The molecule has 1 aliphatic heterocycles. The monoisotopic (exact) mass is 410 g/mol. The first-order valence-electron chi connectivity index (χ1n) is 9.42. The highest BCUT2D eigenvalue weighted by atomic mass is 35.5. The molecule has 0 saturated carbocycles. The summed E-state index contributed by atoms with van der Waals surface area (Å²) in [5.41, 5.74) is 4.75. The molecule has 4 rings (SSSR count). The van der Waals surface area contributed by atoms with Gasteiger partial charge in [0.2, 0.25) is 5.90 Å². The molecular weight excluding hydrogens is 388 g/mol. The maximum absolute atomic E-state index is 6.32. The molecule has 1 aromatic heterocycles. The summed E-state index contributed by atoms with van der Waals surface area (Å²) >= 11 is 8.22. The number of hydrogen-bond acceptors (Lipinski definition) is 3. The van der Waals surface area contributed by atoms with Crippen molar-refractivity contribution in [2.45, 2.75) is 25.3 Å². The second-order valence-electron chi connectivity index (χ2n) is 7.01. The topological polar surface area (TPSA) is 26.5 Å². The molecule has 2 aromatic carbocycles. The Hall–Kier alpha value is -2.17. The van der Waals surface area contributed by atoms with Crippen LogP contribution in [0.1, 0.15) is 22.4 Å². The normalized spacial score (nSPS) is 16.1. The Labute approximate surface area is 175 Å². The number of rotatable bonds is 7. The van der Waals surface area contributed by atoms with E-state index in [-0.39, 0.29) is 6.04 Å². The number of benzene rings is 2. The number of aromatic nitrogens is 1. The minimum absolute atomic E-state index is 0.203. The first-order chi connectivity index (χ1) is 13.7. The van der Waals surface area contributed by atoms with Crippen LogP contribution < -0.4 is 0 Å². The zero-order valence-corrected chi connectivity index (χ0v) is 17.4. The maximum atomic E-state index is 6.32.